The van der Waals surface area contributed by atoms with Crippen molar-refractivity contribution in [3.63, 3.8) is 0 Å². The Labute approximate surface area is 152 Å². The van der Waals surface area contributed by atoms with E-state index in [9.17, 15) is 10.1 Å². The van der Waals surface area contributed by atoms with Gasteiger partial charge in [-0.2, -0.15) is 5.10 Å². The summed E-state index contributed by atoms with van der Waals surface area (Å²) in [7, 11) is 0. The maximum atomic E-state index is 10.8. The van der Waals surface area contributed by atoms with Gasteiger partial charge in [0.05, 0.1) is 27.0 Å². The van der Waals surface area contributed by atoms with E-state index in [1.165, 1.54) is 23.5 Å². The molecule has 0 saturated carbocycles. The molecule has 2 aromatic heterocycles. The van der Waals surface area contributed by atoms with Gasteiger partial charge in [-0.05, 0) is 36.4 Å². The summed E-state index contributed by atoms with van der Waals surface area (Å²) in [4.78, 5) is 14.8. The summed E-state index contributed by atoms with van der Waals surface area (Å²) < 4.78 is 2.99. The Kier molecular flexibility index (Phi) is 4.16. The van der Waals surface area contributed by atoms with E-state index in [1.807, 2.05) is 47.2 Å². The van der Waals surface area contributed by atoms with Crippen LogP contribution in [0.15, 0.2) is 72.0 Å². The predicted molar refractivity (Wildman–Crippen MR) is 103 cm³/mol. The van der Waals surface area contributed by atoms with Crippen molar-refractivity contribution in [1.29, 1.82) is 0 Å². The highest BCUT2D eigenvalue weighted by Crippen LogP contribution is 2.25. The molecule has 1 N–H and O–H groups in total. The van der Waals surface area contributed by atoms with Gasteiger partial charge in [0.2, 0.25) is 5.13 Å². The zero-order valence-corrected chi connectivity index (χ0v) is 14.3. The minimum absolute atomic E-state index is 0.0635. The summed E-state index contributed by atoms with van der Waals surface area (Å²) in [6.45, 7) is 0. The van der Waals surface area contributed by atoms with Crippen molar-refractivity contribution < 1.29 is 4.92 Å². The minimum atomic E-state index is -0.413. The van der Waals surface area contributed by atoms with Crippen LogP contribution >= 0.6 is 11.3 Å². The van der Waals surface area contributed by atoms with E-state index >= 15 is 0 Å². The lowest BCUT2D eigenvalue weighted by atomic mass is 10.3. The molecule has 26 heavy (non-hydrogen) atoms. The number of hydrogen-bond acceptors (Lipinski definition) is 6. The van der Waals surface area contributed by atoms with Gasteiger partial charge in [-0.15, -0.1) is 0 Å². The first-order valence-corrected chi connectivity index (χ1v) is 8.59. The van der Waals surface area contributed by atoms with Crippen LogP contribution in [-0.4, -0.2) is 20.7 Å². The second-order valence-electron chi connectivity index (χ2n) is 5.43. The van der Waals surface area contributed by atoms with Gasteiger partial charge >= 0.3 is 0 Å². The van der Waals surface area contributed by atoms with Gasteiger partial charge in [-0.25, -0.2) is 4.98 Å². The van der Waals surface area contributed by atoms with E-state index in [2.05, 4.69) is 15.5 Å². The Hall–Kier alpha value is -3.52. The van der Waals surface area contributed by atoms with Gasteiger partial charge in [-0.1, -0.05) is 23.5 Å². The average Bonchev–Trinajstić information content (AvgIpc) is 3.28. The van der Waals surface area contributed by atoms with Gasteiger partial charge in [0, 0.05) is 24.0 Å². The summed E-state index contributed by atoms with van der Waals surface area (Å²) in [5, 5.41) is 15.7. The molecular weight excluding hydrogens is 350 g/mol. The number of nitro groups is 1. The van der Waals surface area contributed by atoms with Crippen LogP contribution in [0.2, 0.25) is 0 Å². The Bertz CT molecular complexity index is 1070. The van der Waals surface area contributed by atoms with Gasteiger partial charge in [-0.3, -0.25) is 15.5 Å². The molecule has 0 aliphatic carbocycles. The smallest absolute Gasteiger partial charge is 0.269 e. The molecule has 4 aromatic rings. The highest BCUT2D eigenvalue weighted by Gasteiger charge is 2.07. The third-order valence-electron chi connectivity index (χ3n) is 3.77. The Morgan fingerprint density at radius 3 is 2.69 bits per heavy atom. The number of nitro benzene ring substituents is 1. The SMILES string of the molecule is O=[N+]([O-])c1ccc(-n2cccc2/C=N/Nc2nc3ccccc3s2)cc1. The van der Waals surface area contributed by atoms with Crippen molar-refractivity contribution >= 4 is 38.6 Å². The first-order chi connectivity index (χ1) is 12.7. The number of anilines is 1. The molecule has 0 aliphatic rings. The van der Waals surface area contributed by atoms with Gasteiger partial charge < -0.3 is 4.57 Å². The fourth-order valence-electron chi connectivity index (χ4n) is 2.54. The molecule has 8 heteroatoms. The van der Waals surface area contributed by atoms with E-state index in [1.54, 1.807) is 18.3 Å². The van der Waals surface area contributed by atoms with Gasteiger partial charge in [0.25, 0.3) is 5.69 Å². The number of hydrogen-bond donors (Lipinski definition) is 1. The number of thiazole rings is 1. The summed E-state index contributed by atoms with van der Waals surface area (Å²) in [6.07, 6.45) is 3.56. The molecule has 128 valence electrons. The highest BCUT2D eigenvalue weighted by molar-refractivity contribution is 7.22. The number of benzene rings is 2. The number of hydrazone groups is 1. The zero-order valence-electron chi connectivity index (χ0n) is 13.4. The minimum Gasteiger partial charge on any atom is -0.316 e. The Balaban J connectivity index is 1.53. The van der Waals surface area contributed by atoms with Crippen molar-refractivity contribution in [3.8, 4) is 5.69 Å². The van der Waals surface area contributed by atoms with Crippen LogP contribution in [0, 0.1) is 10.1 Å². The fourth-order valence-corrected chi connectivity index (χ4v) is 3.36. The first kappa shape index (κ1) is 16.0. The van der Waals surface area contributed by atoms with E-state index in [4.69, 9.17) is 0 Å². The number of non-ortho nitro benzene ring substituents is 1. The quantitative estimate of drug-likeness (QED) is 0.323. The van der Waals surface area contributed by atoms with Crippen LogP contribution in [0.25, 0.3) is 15.9 Å². The summed E-state index contributed by atoms with van der Waals surface area (Å²) >= 11 is 1.53. The maximum absolute atomic E-state index is 10.8. The monoisotopic (exact) mass is 363 g/mol. The van der Waals surface area contributed by atoms with Crippen LogP contribution in [-0.2, 0) is 0 Å². The van der Waals surface area contributed by atoms with Gasteiger partial charge in [0.15, 0.2) is 0 Å². The summed E-state index contributed by atoms with van der Waals surface area (Å²) in [5.74, 6) is 0. The van der Waals surface area contributed by atoms with Crippen molar-refractivity contribution in [2.24, 2.45) is 5.10 Å². The number of nitrogens with zero attached hydrogens (tertiary/aromatic N) is 4. The van der Waals surface area contributed by atoms with Crippen LogP contribution in [0.5, 0.6) is 0 Å². The maximum Gasteiger partial charge on any atom is 0.269 e. The number of rotatable bonds is 5. The van der Waals surface area contributed by atoms with E-state index < -0.39 is 4.92 Å². The molecule has 0 unspecified atom stereocenters. The predicted octanol–water partition coefficient (Wildman–Crippen LogP) is 4.44. The average molecular weight is 363 g/mol. The van der Waals surface area contributed by atoms with Crippen molar-refractivity contribution in [2.75, 3.05) is 5.43 Å². The van der Waals surface area contributed by atoms with Crippen molar-refractivity contribution in [3.05, 3.63) is 82.7 Å². The second-order valence-corrected chi connectivity index (χ2v) is 6.46. The lowest BCUT2D eigenvalue weighted by Gasteiger charge is -2.05. The third kappa shape index (κ3) is 3.17. The lowest BCUT2D eigenvalue weighted by molar-refractivity contribution is -0.384. The summed E-state index contributed by atoms with van der Waals surface area (Å²) in [6, 6.07) is 18.1. The number of nitrogens with one attached hydrogen (secondary N) is 1. The largest absolute Gasteiger partial charge is 0.316 e. The molecule has 4 rings (SSSR count). The highest BCUT2D eigenvalue weighted by atomic mass is 32.1. The van der Waals surface area contributed by atoms with Crippen molar-refractivity contribution in [1.82, 2.24) is 9.55 Å². The molecule has 0 aliphatic heterocycles. The summed E-state index contributed by atoms with van der Waals surface area (Å²) in [5.41, 5.74) is 5.61. The second kappa shape index (κ2) is 6.77. The molecule has 0 spiro atoms. The van der Waals surface area contributed by atoms with Crippen LogP contribution < -0.4 is 5.43 Å². The van der Waals surface area contributed by atoms with Crippen LogP contribution in [0.1, 0.15) is 5.69 Å². The van der Waals surface area contributed by atoms with Crippen molar-refractivity contribution in [2.45, 2.75) is 0 Å². The fraction of sp³-hybridized carbons (Fsp3) is 0. The molecule has 7 nitrogen and oxygen atoms in total. The zero-order chi connectivity index (χ0) is 17.9. The van der Waals surface area contributed by atoms with E-state index in [0.717, 1.165) is 26.7 Å². The molecule has 2 aromatic carbocycles. The molecule has 0 amide bonds. The molecule has 0 saturated heterocycles. The third-order valence-corrected chi connectivity index (χ3v) is 4.71. The number of para-hydroxylation sites is 1. The Morgan fingerprint density at radius 2 is 1.92 bits per heavy atom. The molecule has 0 atom stereocenters. The van der Waals surface area contributed by atoms with E-state index in [-0.39, 0.29) is 5.69 Å². The topological polar surface area (TPSA) is 85.3 Å². The normalized spacial score (nSPS) is 11.2. The molecular formula is C18H13N5O2S. The molecule has 0 radical (unpaired) electrons. The van der Waals surface area contributed by atoms with E-state index in [0.29, 0.717) is 0 Å². The van der Waals surface area contributed by atoms with Crippen LogP contribution in [0.3, 0.4) is 0 Å². The molecule has 2 heterocycles. The standard InChI is InChI=1S/C18H13N5O2S/c24-23(25)14-9-7-13(8-10-14)22-11-3-4-15(22)12-19-21-18-20-16-5-1-2-6-17(16)26-18/h1-12H,(H,20,21)/b19-12+. The number of fused-ring (bicyclic) bond motifs is 1. The van der Waals surface area contributed by atoms with Crippen LogP contribution in [0.4, 0.5) is 10.8 Å². The lowest BCUT2D eigenvalue weighted by Crippen LogP contribution is -1.99. The number of aromatic nitrogens is 2. The Morgan fingerprint density at radius 1 is 1.12 bits per heavy atom. The van der Waals surface area contributed by atoms with Gasteiger partial charge in [0.1, 0.15) is 0 Å². The molecule has 0 fully saturated rings. The molecule has 0 bridgehead atoms. The first-order valence-electron chi connectivity index (χ1n) is 7.77.